The number of nitrogens with zero attached hydrogens (tertiary/aromatic N) is 1. The van der Waals surface area contributed by atoms with Crippen LogP contribution in [0.4, 0.5) is 0 Å². The number of nitrogens with one attached hydrogen (secondary N) is 1. The molecule has 0 aromatic heterocycles. The predicted octanol–water partition coefficient (Wildman–Crippen LogP) is 3.56. The predicted molar refractivity (Wildman–Crippen MR) is 81.4 cm³/mol. The maximum Gasteiger partial charge on any atom is 0.0110 e. The standard InChI is InChI=1S/C17H32N2/c1-3-13-7-4-5-10-17(13)18-14-11-15-8-6-9-16(12-14)19(15)2/h13-18H,3-12H2,1-2H3. The highest BCUT2D eigenvalue weighted by Gasteiger charge is 2.37. The van der Waals surface area contributed by atoms with Crippen molar-refractivity contribution in [3.05, 3.63) is 0 Å². The van der Waals surface area contributed by atoms with Gasteiger partial charge in [0.25, 0.3) is 0 Å². The minimum Gasteiger partial charge on any atom is -0.311 e. The fraction of sp³-hybridized carbons (Fsp3) is 1.00. The summed E-state index contributed by atoms with van der Waals surface area (Å²) >= 11 is 0. The van der Waals surface area contributed by atoms with Crippen molar-refractivity contribution in [3.8, 4) is 0 Å². The van der Waals surface area contributed by atoms with Crippen molar-refractivity contribution in [3.63, 3.8) is 0 Å². The van der Waals surface area contributed by atoms with Crippen LogP contribution in [0.2, 0.25) is 0 Å². The Morgan fingerprint density at radius 1 is 0.947 bits per heavy atom. The smallest absolute Gasteiger partial charge is 0.0110 e. The SMILES string of the molecule is CCC1CCCCC1NC1CC2CCCC(C1)N2C. The molecule has 1 aliphatic carbocycles. The lowest BCUT2D eigenvalue weighted by molar-refractivity contribution is 0.0413. The molecule has 2 heterocycles. The molecule has 1 saturated carbocycles. The Kier molecular flexibility index (Phi) is 4.48. The third-order valence-electron chi connectivity index (χ3n) is 6.22. The lowest BCUT2D eigenvalue weighted by Crippen LogP contribution is -2.56. The summed E-state index contributed by atoms with van der Waals surface area (Å²) in [4.78, 5) is 2.68. The minimum absolute atomic E-state index is 0.809. The summed E-state index contributed by atoms with van der Waals surface area (Å²) in [6.45, 7) is 2.38. The molecule has 0 amide bonds. The number of piperidine rings is 2. The second-order valence-corrected chi connectivity index (χ2v) is 7.30. The molecule has 2 aliphatic heterocycles. The van der Waals surface area contributed by atoms with Crippen LogP contribution in [0.15, 0.2) is 0 Å². The van der Waals surface area contributed by atoms with Crippen LogP contribution in [-0.4, -0.2) is 36.1 Å². The van der Waals surface area contributed by atoms with E-state index in [0.29, 0.717) is 0 Å². The summed E-state index contributed by atoms with van der Waals surface area (Å²) in [5.74, 6) is 0.952. The van der Waals surface area contributed by atoms with Gasteiger partial charge in [-0.25, -0.2) is 0 Å². The van der Waals surface area contributed by atoms with Crippen molar-refractivity contribution in [2.75, 3.05) is 7.05 Å². The molecule has 4 atom stereocenters. The van der Waals surface area contributed by atoms with Gasteiger partial charge in [0.15, 0.2) is 0 Å². The molecule has 0 aromatic carbocycles. The third-order valence-corrected chi connectivity index (χ3v) is 6.22. The molecule has 0 radical (unpaired) electrons. The maximum absolute atomic E-state index is 4.08. The Labute approximate surface area is 119 Å². The van der Waals surface area contributed by atoms with Gasteiger partial charge >= 0.3 is 0 Å². The molecular weight excluding hydrogens is 232 g/mol. The van der Waals surface area contributed by atoms with Crippen LogP contribution in [-0.2, 0) is 0 Å². The van der Waals surface area contributed by atoms with E-state index in [1.807, 2.05) is 0 Å². The number of rotatable bonds is 3. The van der Waals surface area contributed by atoms with Crippen molar-refractivity contribution >= 4 is 0 Å². The Morgan fingerprint density at radius 2 is 1.63 bits per heavy atom. The van der Waals surface area contributed by atoms with E-state index < -0.39 is 0 Å². The van der Waals surface area contributed by atoms with Gasteiger partial charge in [-0.2, -0.15) is 0 Å². The number of hydrogen-bond donors (Lipinski definition) is 1. The van der Waals surface area contributed by atoms with Crippen LogP contribution in [0.1, 0.15) is 71.1 Å². The molecule has 1 N–H and O–H groups in total. The van der Waals surface area contributed by atoms with Gasteiger partial charge in [-0.3, -0.25) is 0 Å². The number of fused-ring (bicyclic) bond motifs is 2. The van der Waals surface area contributed by atoms with E-state index in [0.717, 1.165) is 30.1 Å². The Morgan fingerprint density at radius 3 is 2.32 bits per heavy atom. The zero-order valence-electron chi connectivity index (χ0n) is 12.9. The first kappa shape index (κ1) is 13.9. The zero-order chi connectivity index (χ0) is 13.2. The summed E-state index contributed by atoms with van der Waals surface area (Å²) in [5.41, 5.74) is 0. The van der Waals surface area contributed by atoms with E-state index in [-0.39, 0.29) is 0 Å². The van der Waals surface area contributed by atoms with Crippen molar-refractivity contribution in [2.45, 2.75) is 95.3 Å². The molecule has 2 bridgehead atoms. The molecule has 2 saturated heterocycles. The van der Waals surface area contributed by atoms with Crippen molar-refractivity contribution in [1.29, 1.82) is 0 Å². The van der Waals surface area contributed by atoms with Gasteiger partial charge in [0.1, 0.15) is 0 Å². The van der Waals surface area contributed by atoms with Crippen molar-refractivity contribution < 1.29 is 0 Å². The van der Waals surface area contributed by atoms with E-state index in [1.54, 1.807) is 0 Å². The van der Waals surface area contributed by atoms with Crippen molar-refractivity contribution in [2.24, 2.45) is 5.92 Å². The van der Waals surface area contributed by atoms with Gasteiger partial charge in [-0.05, 0) is 51.5 Å². The van der Waals surface area contributed by atoms with E-state index in [9.17, 15) is 0 Å². The van der Waals surface area contributed by atoms with Crippen LogP contribution in [0.25, 0.3) is 0 Å². The second-order valence-electron chi connectivity index (χ2n) is 7.30. The largest absolute Gasteiger partial charge is 0.311 e. The van der Waals surface area contributed by atoms with Gasteiger partial charge in [0.05, 0.1) is 0 Å². The van der Waals surface area contributed by atoms with Gasteiger partial charge in [-0.1, -0.05) is 32.6 Å². The molecule has 19 heavy (non-hydrogen) atoms. The first-order chi connectivity index (χ1) is 9.28. The highest BCUT2D eigenvalue weighted by Crippen LogP contribution is 2.34. The molecular formula is C17H32N2. The van der Waals surface area contributed by atoms with E-state index in [2.05, 4.69) is 24.2 Å². The highest BCUT2D eigenvalue weighted by molar-refractivity contribution is 4.95. The molecule has 3 rings (SSSR count). The minimum atomic E-state index is 0.809. The van der Waals surface area contributed by atoms with E-state index in [4.69, 9.17) is 0 Å². The van der Waals surface area contributed by atoms with Gasteiger partial charge in [0.2, 0.25) is 0 Å². The van der Waals surface area contributed by atoms with Crippen LogP contribution in [0.3, 0.4) is 0 Å². The molecule has 3 aliphatic rings. The van der Waals surface area contributed by atoms with E-state index >= 15 is 0 Å². The fourth-order valence-corrected chi connectivity index (χ4v) is 4.97. The first-order valence-corrected chi connectivity index (χ1v) is 8.76. The average molecular weight is 264 g/mol. The quantitative estimate of drug-likeness (QED) is 0.838. The monoisotopic (exact) mass is 264 g/mol. The van der Waals surface area contributed by atoms with Crippen LogP contribution in [0.5, 0.6) is 0 Å². The Bertz CT molecular complexity index is 277. The van der Waals surface area contributed by atoms with Crippen molar-refractivity contribution in [1.82, 2.24) is 10.2 Å². The lowest BCUT2D eigenvalue weighted by Gasteiger charge is -2.48. The molecule has 2 heteroatoms. The summed E-state index contributed by atoms with van der Waals surface area (Å²) in [6.07, 6.45) is 14.3. The summed E-state index contributed by atoms with van der Waals surface area (Å²) in [6, 6.07) is 3.37. The lowest BCUT2D eigenvalue weighted by atomic mass is 9.79. The molecule has 3 fully saturated rings. The average Bonchev–Trinajstić information content (AvgIpc) is 2.40. The van der Waals surface area contributed by atoms with Crippen LogP contribution < -0.4 is 5.32 Å². The molecule has 0 spiro atoms. The van der Waals surface area contributed by atoms with E-state index in [1.165, 1.54) is 64.2 Å². The zero-order valence-corrected chi connectivity index (χ0v) is 12.9. The Balaban J connectivity index is 1.58. The fourth-order valence-electron chi connectivity index (χ4n) is 4.97. The third kappa shape index (κ3) is 3.00. The normalized spacial score (nSPS) is 44.2. The summed E-state index contributed by atoms with van der Waals surface area (Å²) in [7, 11) is 2.36. The molecule has 2 nitrogen and oxygen atoms in total. The molecule has 110 valence electrons. The second kappa shape index (κ2) is 6.13. The highest BCUT2D eigenvalue weighted by atomic mass is 15.2. The summed E-state index contributed by atoms with van der Waals surface area (Å²) < 4.78 is 0. The first-order valence-electron chi connectivity index (χ1n) is 8.76. The topological polar surface area (TPSA) is 15.3 Å². The molecule has 0 aromatic rings. The summed E-state index contributed by atoms with van der Waals surface area (Å²) in [5, 5.41) is 4.08. The molecule has 4 unspecified atom stereocenters. The van der Waals surface area contributed by atoms with Crippen LogP contribution >= 0.6 is 0 Å². The van der Waals surface area contributed by atoms with Gasteiger partial charge in [0, 0.05) is 24.2 Å². The maximum atomic E-state index is 4.08. The van der Waals surface area contributed by atoms with Gasteiger partial charge < -0.3 is 10.2 Å². The van der Waals surface area contributed by atoms with Crippen LogP contribution in [0, 0.1) is 5.92 Å². The number of hydrogen-bond acceptors (Lipinski definition) is 2. The van der Waals surface area contributed by atoms with Gasteiger partial charge in [-0.15, -0.1) is 0 Å². The Hall–Kier alpha value is -0.0800.